The van der Waals surface area contributed by atoms with Gasteiger partial charge in [-0.15, -0.1) is 0 Å². The van der Waals surface area contributed by atoms with Gasteiger partial charge in [-0.05, 0) is 30.9 Å². The normalized spacial score (nSPS) is 25.7. The van der Waals surface area contributed by atoms with Crippen LogP contribution < -0.4 is 5.32 Å². The number of aliphatic hydroxyl groups is 1. The molecule has 1 aromatic rings. The van der Waals surface area contributed by atoms with Crippen molar-refractivity contribution in [3.05, 3.63) is 34.3 Å². The molecule has 0 spiro atoms. The first-order valence-electron chi connectivity index (χ1n) is 5.42. The van der Waals surface area contributed by atoms with E-state index < -0.39 is 0 Å². The Hall–Kier alpha value is -0.380. The lowest BCUT2D eigenvalue weighted by atomic mass is 10.2. The van der Waals surface area contributed by atoms with Crippen LogP contribution in [0.4, 0.5) is 0 Å². The molecule has 1 fully saturated rings. The van der Waals surface area contributed by atoms with Crippen molar-refractivity contribution in [3.8, 4) is 0 Å². The first-order chi connectivity index (χ1) is 7.27. The molecule has 15 heavy (non-hydrogen) atoms. The second kappa shape index (κ2) is 5.10. The van der Waals surface area contributed by atoms with Gasteiger partial charge in [0.1, 0.15) is 0 Å². The van der Waals surface area contributed by atoms with Crippen LogP contribution >= 0.6 is 15.9 Å². The van der Waals surface area contributed by atoms with Crippen LogP contribution in [0.5, 0.6) is 0 Å². The second-order valence-electron chi connectivity index (χ2n) is 4.08. The maximum Gasteiger partial charge on any atom is 0.0693 e. The minimum Gasteiger partial charge on any atom is -0.392 e. The summed E-state index contributed by atoms with van der Waals surface area (Å²) in [5, 5.41) is 13.1. The van der Waals surface area contributed by atoms with E-state index in [9.17, 15) is 5.11 Å². The van der Waals surface area contributed by atoms with Crippen LogP contribution in [0, 0.1) is 0 Å². The Morgan fingerprint density at radius 1 is 1.33 bits per heavy atom. The van der Waals surface area contributed by atoms with E-state index in [-0.39, 0.29) is 12.1 Å². The van der Waals surface area contributed by atoms with Crippen molar-refractivity contribution in [3.63, 3.8) is 0 Å². The number of aliphatic hydroxyl groups excluding tert-OH is 1. The largest absolute Gasteiger partial charge is 0.392 e. The molecule has 1 aliphatic rings. The van der Waals surface area contributed by atoms with Crippen molar-refractivity contribution in [1.82, 2.24) is 5.32 Å². The van der Waals surface area contributed by atoms with Crippen molar-refractivity contribution < 1.29 is 5.11 Å². The standard InChI is InChI=1S/C12H16BrNO/c13-10-5-2-1-4-9(10)8-14-11-6-3-7-12(11)15/h1-2,4-5,11-12,14-15H,3,6-8H2/t11-,12-/m0/s1. The third kappa shape index (κ3) is 2.80. The molecule has 0 amide bonds. The molecule has 0 saturated heterocycles. The summed E-state index contributed by atoms with van der Waals surface area (Å²) in [7, 11) is 0. The van der Waals surface area contributed by atoms with E-state index in [1.807, 2.05) is 18.2 Å². The molecule has 0 bridgehead atoms. The van der Waals surface area contributed by atoms with E-state index in [4.69, 9.17) is 0 Å². The van der Waals surface area contributed by atoms with Crippen LogP contribution in [-0.2, 0) is 6.54 Å². The summed E-state index contributed by atoms with van der Waals surface area (Å²) in [4.78, 5) is 0. The highest BCUT2D eigenvalue weighted by atomic mass is 79.9. The van der Waals surface area contributed by atoms with Crippen LogP contribution in [0.15, 0.2) is 28.7 Å². The number of nitrogens with one attached hydrogen (secondary N) is 1. The van der Waals surface area contributed by atoms with Gasteiger partial charge in [-0.1, -0.05) is 34.1 Å². The van der Waals surface area contributed by atoms with Gasteiger partial charge in [0.2, 0.25) is 0 Å². The maximum absolute atomic E-state index is 9.66. The zero-order chi connectivity index (χ0) is 10.7. The Labute approximate surface area is 98.8 Å². The molecule has 0 unspecified atom stereocenters. The van der Waals surface area contributed by atoms with Crippen LogP contribution in [0.2, 0.25) is 0 Å². The summed E-state index contributed by atoms with van der Waals surface area (Å²) < 4.78 is 1.13. The molecule has 1 aromatic carbocycles. The Morgan fingerprint density at radius 2 is 2.13 bits per heavy atom. The van der Waals surface area contributed by atoms with Crippen molar-refractivity contribution in [2.75, 3.05) is 0 Å². The summed E-state index contributed by atoms with van der Waals surface area (Å²) in [6.45, 7) is 0.823. The quantitative estimate of drug-likeness (QED) is 0.884. The van der Waals surface area contributed by atoms with Gasteiger partial charge in [-0.25, -0.2) is 0 Å². The van der Waals surface area contributed by atoms with E-state index in [1.165, 1.54) is 5.56 Å². The number of benzene rings is 1. The van der Waals surface area contributed by atoms with E-state index in [2.05, 4.69) is 27.3 Å². The highest BCUT2D eigenvalue weighted by Crippen LogP contribution is 2.20. The van der Waals surface area contributed by atoms with Crippen LogP contribution in [-0.4, -0.2) is 17.3 Å². The molecule has 3 heteroatoms. The topological polar surface area (TPSA) is 32.3 Å². The highest BCUT2D eigenvalue weighted by molar-refractivity contribution is 9.10. The Bertz CT molecular complexity index is 329. The Morgan fingerprint density at radius 3 is 2.80 bits per heavy atom. The summed E-state index contributed by atoms with van der Waals surface area (Å²) in [6, 6.07) is 8.46. The van der Waals surface area contributed by atoms with Gasteiger partial charge < -0.3 is 10.4 Å². The minimum atomic E-state index is -0.160. The van der Waals surface area contributed by atoms with Gasteiger partial charge in [0.25, 0.3) is 0 Å². The molecule has 1 saturated carbocycles. The van der Waals surface area contributed by atoms with Gasteiger partial charge in [0.05, 0.1) is 6.10 Å². The molecule has 2 nitrogen and oxygen atoms in total. The van der Waals surface area contributed by atoms with Crippen LogP contribution in [0.3, 0.4) is 0 Å². The third-order valence-corrected chi connectivity index (χ3v) is 3.77. The Balaban J connectivity index is 1.90. The number of hydrogen-bond donors (Lipinski definition) is 2. The molecular weight excluding hydrogens is 254 g/mol. The van der Waals surface area contributed by atoms with E-state index >= 15 is 0 Å². The predicted molar refractivity (Wildman–Crippen MR) is 64.6 cm³/mol. The lowest BCUT2D eigenvalue weighted by Gasteiger charge is -2.16. The molecule has 2 N–H and O–H groups in total. The maximum atomic E-state index is 9.66. The summed E-state index contributed by atoms with van der Waals surface area (Å²) in [5.74, 6) is 0. The SMILES string of the molecule is O[C@H]1CCC[C@@H]1NCc1ccccc1Br. The number of rotatable bonds is 3. The fourth-order valence-corrected chi connectivity index (χ4v) is 2.49. The number of hydrogen-bond acceptors (Lipinski definition) is 2. The average Bonchev–Trinajstić information content (AvgIpc) is 2.63. The predicted octanol–water partition coefficient (Wildman–Crippen LogP) is 2.45. The fraction of sp³-hybridized carbons (Fsp3) is 0.500. The first-order valence-corrected chi connectivity index (χ1v) is 6.21. The van der Waals surface area contributed by atoms with E-state index in [0.29, 0.717) is 0 Å². The van der Waals surface area contributed by atoms with Crippen LogP contribution in [0.25, 0.3) is 0 Å². The fourth-order valence-electron chi connectivity index (χ4n) is 2.06. The third-order valence-electron chi connectivity index (χ3n) is 2.99. The van der Waals surface area contributed by atoms with Gasteiger partial charge in [0.15, 0.2) is 0 Å². The zero-order valence-corrected chi connectivity index (χ0v) is 10.2. The van der Waals surface area contributed by atoms with Gasteiger partial charge in [-0.3, -0.25) is 0 Å². The van der Waals surface area contributed by atoms with E-state index in [1.54, 1.807) is 0 Å². The Kier molecular flexibility index (Phi) is 3.78. The molecule has 2 rings (SSSR count). The van der Waals surface area contributed by atoms with Crippen molar-refractivity contribution in [2.45, 2.75) is 38.0 Å². The minimum absolute atomic E-state index is 0.160. The molecule has 1 aliphatic carbocycles. The molecule has 0 radical (unpaired) electrons. The van der Waals surface area contributed by atoms with Crippen molar-refractivity contribution >= 4 is 15.9 Å². The molecule has 2 atom stereocenters. The molecular formula is C12H16BrNO. The highest BCUT2D eigenvalue weighted by Gasteiger charge is 2.24. The molecule has 0 aliphatic heterocycles. The lowest BCUT2D eigenvalue weighted by molar-refractivity contribution is 0.148. The molecule has 0 heterocycles. The van der Waals surface area contributed by atoms with Gasteiger partial charge in [-0.2, -0.15) is 0 Å². The zero-order valence-electron chi connectivity index (χ0n) is 8.62. The van der Waals surface area contributed by atoms with E-state index in [0.717, 1.165) is 30.3 Å². The smallest absolute Gasteiger partial charge is 0.0693 e. The molecule has 82 valence electrons. The monoisotopic (exact) mass is 269 g/mol. The lowest BCUT2D eigenvalue weighted by Crippen LogP contribution is -2.35. The number of halogens is 1. The summed E-state index contributed by atoms with van der Waals surface area (Å²) in [6.07, 6.45) is 3.00. The first kappa shape index (κ1) is 11.1. The second-order valence-corrected chi connectivity index (χ2v) is 4.93. The summed E-state index contributed by atoms with van der Waals surface area (Å²) >= 11 is 3.52. The van der Waals surface area contributed by atoms with Crippen LogP contribution in [0.1, 0.15) is 24.8 Å². The molecule has 0 aromatic heterocycles. The average molecular weight is 270 g/mol. The van der Waals surface area contributed by atoms with Crippen molar-refractivity contribution in [1.29, 1.82) is 0 Å². The van der Waals surface area contributed by atoms with Gasteiger partial charge in [0, 0.05) is 17.1 Å². The summed E-state index contributed by atoms with van der Waals surface area (Å²) in [5.41, 5.74) is 1.25. The van der Waals surface area contributed by atoms with Gasteiger partial charge >= 0.3 is 0 Å². The van der Waals surface area contributed by atoms with Crippen molar-refractivity contribution in [2.24, 2.45) is 0 Å².